The molecule has 6 nitrogen and oxygen atoms in total. The molecule has 0 spiro atoms. The van der Waals surface area contributed by atoms with Crippen LogP contribution in [0.5, 0.6) is 0 Å². The van der Waals surface area contributed by atoms with Crippen LogP contribution >= 0.6 is 0 Å². The monoisotopic (exact) mass is 203 g/mol. The molecule has 0 aliphatic carbocycles. The van der Waals surface area contributed by atoms with Crippen LogP contribution in [0, 0.1) is 0 Å². The van der Waals surface area contributed by atoms with Gasteiger partial charge in [0.25, 0.3) is 0 Å². The molecule has 0 bridgehead atoms. The fourth-order valence-corrected chi connectivity index (χ4v) is 0.646. The molecule has 0 atom stereocenters. The highest BCUT2D eigenvalue weighted by atomic mass is 16.2. The second-order valence-electron chi connectivity index (χ2n) is 2.73. The fraction of sp³-hybridized carbons (Fsp3) is 0.625. The third-order valence-electron chi connectivity index (χ3n) is 0.840. The van der Waals surface area contributed by atoms with Crippen molar-refractivity contribution in [3.8, 4) is 0 Å². The van der Waals surface area contributed by atoms with E-state index in [9.17, 15) is 14.4 Å². The Balaban J connectivity index is 0. The topological polar surface area (TPSA) is 101 Å². The highest BCUT2D eigenvalue weighted by molar-refractivity contribution is 5.76. The smallest absolute Gasteiger partial charge is 0.218 e. The van der Waals surface area contributed by atoms with Gasteiger partial charge in [0.15, 0.2) is 0 Å². The van der Waals surface area contributed by atoms with Crippen LogP contribution in [0.4, 0.5) is 0 Å². The van der Waals surface area contributed by atoms with Gasteiger partial charge in [0, 0.05) is 20.8 Å². The molecule has 0 aromatic carbocycles. The van der Waals surface area contributed by atoms with E-state index in [2.05, 4.69) is 16.4 Å². The highest BCUT2D eigenvalue weighted by Gasteiger charge is 2.01. The highest BCUT2D eigenvalue weighted by Crippen LogP contribution is 1.73. The van der Waals surface area contributed by atoms with E-state index in [4.69, 9.17) is 0 Å². The van der Waals surface area contributed by atoms with Crippen molar-refractivity contribution in [2.24, 2.45) is 5.73 Å². The zero-order valence-electron chi connectivity index (χ0n) is 8.88. The molecule has 82 valence electrons. The van der Waals surface area contributed by atoms with E-state index in [-0.39, 0.29) is 23.9 Å². The van der Waals surface area contributed by atoms with Crippen LogP contribution in [-0.2, 0) is 14.4 Å². The Labute approximate surface area is 83.2 Å². The number of nitrogens with two attached hydrogens (primary N) is 1. The van der Waals surface area contributed by atoms with Crippen LogP contribution in [0.25, 0.3) is 0 Å². The minimum atomic E-state index is -0.333. The van der Waals surface area contributed by atoms with Crippen molar-refractivity contribution in [3.63, 3.8) is 0 Å². The SMILES string of the molecule is CC(=O)NC(C)NC(C)=O.CC(N)=O. The van der Waals surface area contributed by atoms with Crippen molar-refractivity contribution < 1.29 is 14.4 Å². The molecule has 0 radical (unpaired) electrons. The summed E-state index contributed by atoms with van der Waals surface area (Å²) in [7, 11) is 0. The lowest BCUT2D eigenvalue weighted by Crippen LogP contribution is -2.44. The first-order valence-electron chi connectivity index (χ1n) is 4.06. The molecule has 0 rings (SSSR count). The maximum atomic E-state index is 10.4. The number of carbonyl (C=O) groups excluding carboxylic acids is 3. The van der Waals surface area contributed by atoms with Gasteiger partial charge in [-0.1, -0.05) is 0 Å². The van der Waals surface area contributed by atoms with Crippen molar-refractivity contribution in [1.82, 2.24) is 10.6 Å². The van der Waals surface area contributed by atoms with Crippen LogP contribution < -0.4 is 16.4 Å². The van der Waals surface area contributed by atoms with E-state index in [1.54, 1.807) is 6.92 Å². The van der Waals surface area contributed by atoms with E-state index in [1.807, 2.05) is 0 Å². The van der Waals surface area contributed by atoms with Gasteiger partial charge >= 0.3 is 0 Å². The minimum absolute atomic E-state index is 0.152. The van der Waals surface area contributed by atoms with Gasteiger partial charge in [-0.3, -0.25) is 14.4 Å². The first kappa shape index (κ1) is 14.9. The van der Waals surface area contributed by atoms with Crippen molar-refractivity contribution in [2.45, 2.75) is 33.9 Å². The summed E-state index contributed by atoms with van der Waals surface area (Å²) in [6.07, 6.45) is -0.282. The summed E-state index contributed by atoms with van der Waals surface area (Å²) in [4.78, 5) is 30.0. The largest absolute Gasteiger partial charge is 0.370 e. The molecule has 3 amide bonds. The van der Waals surface area contributed by atoms with Crippen molar-refractivity contribution in [1.29, 1.82) is 0 Å². The molecule has 0 aliphatic rings. The van der Waals surface area contributed by atoms with Crippen molar-refractivity contribution >= 4 is 17.7 Å². The Morgan fingerprint density at radius 2 is 1.21 bits per heavy atom. The van der Waals surface area contributed by atoms with Crippen LogP contribution in [-0.4, -0.2) is 23.9 Å². The Hall–Kier alpha value is -1.59. The summed E-state index contributed by atoms with van der Waals surface area (Å²) in [5, 5.41) is 5.01. The average molecular weight is 203 g/mol. The zero-order valence-corrected chi connectivity index (χ0v) is 8.88. The van der Waals surface area contributed by atoms with Gasteiger partial charge in [-0.15, -0.1) is 0 Å². The van der Waals surface area contributed by atoms with Crippen molar-refractivity contribution in [3.05, 3.63) is 0 Å². The van der Waals surface area contributed by atoms with Crippen LogP contribution in [0.15, 0.2) is 0 Å². The maximum absolute atomic E-state index is 10.4. The summed E-state index contributed by atoms with van der Waals surface area (Å²) >= 11 is 0. The number of amides is 3. The van der Waals surface area contributed by atoms with E-state index >= 15 is 0 Å². The van der Waals surface area contributed by atoms with E-state index < -0.39 is 0 Å². The molecular weight excluding hydrogens is 186 g/mol. The number of nitrogens with one attached hydrogen (secondary N) is 2. The first-order chi connectivity index (χ1) is 6.25. The molecule has 0 heterocycles. The molecule has 0 fully saturated rings. The predicted molar refractivity (Wildman–Crippen MR) is 52.0 cm³/mol. The molecule has 14 heavy (non-hydrogen) atoms. The first-order valence-corrected chi connectivity index (χ1v) is 4.06. The zero-order chi connectivity index (χ0) is 11.7. The molecule has 4 N–H and O–H groups in total. The van der Waals surface area contributed by atoms with E-state index in [0.717, 1.165) is 0 Å². The number of primary amides is 1. The average Bonchev–Trinajstić information content (AvgIpc) is 1.79. The Morgan fingerprint density at radius 1 is 1.00 bits per heavy atom. The minimum Gasteiger partial charge on any atom is -0.370 e. The Kier molecular flexibility index (Phi) is 8.55. The lowest BCUT2D eigenvalue weighted by Gasteiger charge is -2.11. The summed E-state index contributed by atoms with van der Waals surface area (Å²) < 4.78 is 0. The van der Waals surface area contributed by atoms with Gasteiger partial charge < -0.3 is 16.4 Å². The summed E-state index contributed by atoms with van der Waals surface area (Å²) in [5.74, 6) is -0.637. The summed E-state index contributed by atoms with van der Waals surface area (Å²) in [6, 6.07) is 0. The second kappa shape index (κ2) is 8.03. The quantitative estimate of drug-likeness (QED) is 0.507. The van der Waals surface area contributed by atoms with E-state index in [0.29, 0.717) is 0 Å². The summed E-state index contributed by atoms with van der Waals surface area (Å²) in [6.45, 7) is 5.80. The Morgan fingerprint density at radius 3 is 1.36 bits per heavy atom. The molecule has 0 saturated carbocycles. The molecule has 6 heteroatoms. The third kappa shape index (κ3) is 22.4. The predicted octanol–water partition coefficient (Wildman–Crippen LogP) is -0.904. The normalized spacial score (nSPS) is 8.36. The van der Waals surface area contributed by atoms with Gasteiger partial charge in [0.05, 0.1) is 6.17 Å². The lowest BCUT2D eigenvalue weighted by molar-refractivity contribution is -0.122. The number of carbonyl (C=O) groups is 3. The van der Waals surface area contributed by atoms with Crippen LogP contribution in [0.1, 0.15) is 27.7 Å². The second-order valence-corrected chi connectivity index (χ2v) is 2.73. The van der Waals surface area contributed by atoms with Gasteiger partial charge in [0.2, 0.25) is 17.7 Å². The molecule has 0 unspecified atom stereocenters. The number of rotatable bonds is 2. The Bertz CT molecular complexity index is 196. The maximum Gasteiger partial charge on any atom is 0.218 e. The van der Waals surface area contributed by atoms with Gasteiger partial charge in [-0.25, -0.2) is 0 Å². The van der Waals surface area contributed by atoms with Crippen molar-refractivity contribution in [2.75, 3.05) is 0 Å². The molecule has 0 aliphatic heterocycles. The van der Waals surface area contributed by atoms with Crippen LogP contribution in [0.3, 0.4) is 0 Å². The van der Waals surface area contributed by atoms with Crippen LogP contribution in [0.2, 0.25) is 0 Å². The lowest BCUT2D eigenvalue weighted by atomic mass is 10.5. The van der Waals surface area contributed by atoms with Gasteiger partial charge in [0.1, 0.15) is 0 Å². The molecule has 0 aromatic rings. The standard InChI is InChI=1S/C6H12N2O2.C2H5NO/c1-4(7-5(2)9)8-6(3)10;1-2(3)4/h4H,1-3H3,(H,7,9)(H,8,10);1H3,(H2,3,4). The van der Waals surface area contributed by atoms with E-state index in [1.165, 1.54) is 20.8 Å². The van der Waals surface area contributed by atoms with Gasteiger partial charge in [-0.2, -0.15) is 0 Å². The fourth-order valence-electron chi connectivity index (χ4n) is 0.646. The summed E-state index contributed by atoms with van der Waals surface area (Å²) in [5.41, 5.74) is 4.47. The number of hydrogen-bond acceptors (Lipinski definition) is 3. The molecule has 0 aromatic heterocycles. The van der Waals surface area contributed by atoms with Gasteiger partial charge in [-0.05, 0) is 6.92 Å². The molecular formula is C8H17N3O3. The molecule has 0 saturated heterocycles. The third-order valence-corrected chi connectivity index (χ3v) is 0.840. The number of hydrogen-bond donors (Lipinski definition) is 3.